The van der Waals surface area contributed by atoms with E-state index in [1.165, 1.54) is 24.3 Å². The van der Waals surface area contributed by atoms with E-state index in [1.54, 1.807) is 0 Å². The van der Waals surface area contributed by atoms with E-state index in [1.807, 2.05) is 0 Å². The monoisotopic (exact) mass is 377 g/mol. The first kappa shape index (κ1) is 15.8. The van der Waals surface area contributed by atoms with Gasteiger partial charge in [-0.2, -0.15) is 13.2 Å². The number of rotatable bonds is 3. The Kier molecular flexibility index (Phi) is 4.58. The van der Waals surface area contributed by atoms with Crippen LogP contribution in [0.25, 0.3) is 0 Å². The predicted octanol–water partition coefficient (Wildman–Crippen LogP) is 4.71. The normalized spacial score (nSPS) is 11.4. The molecule has 0 fully saturated rings. The predicted molar refractivity (Wildman–Crippen MR) is 74.5 cm³/mol. The zero-order chi connectivity index (χ0) is 15.6. The third kappa shape index (κ3) is 3.98. The third-order valence-electron chi connectivity index (χ3n) is 2.44. The van der Waals surface area contributed by atoms with Crippen LogP contribution in [0.5, 0.6) is 0 Å². The fourth-order valence-electron chi connectivity index (χ4n) is 1.49. The van der Waals surface area contributed by atoms with Gasteiger partial charge in [0.15, 0.2) is 0 Å². The molecule has 1 heterocycles. The number of carboxylic acid groups (broad SMARTS) is 1. The number of pyridine rings is 1. The van der Waals surface area contributed by atoms with Crippen molar-refractivity contribution in [3.8, 4) is 0 Å². The number of hydrogen-bond donors (Lipinski definition) is 1. The van der Waals surface area contributed by atoms with Crippen LogP contribution >= 0.6 is 27.7 Å². The summed E-state index contributed by atoms with van der Waals surface area (Å²) in [4.78, 5) is 14.5. The Morgan fingerprint density at radius 1 is 1.24 bits per heavy atom. The average molecular weight is 378 g/mol. The lowest BCUT2D eigenvalue weighted by Crippen LogP contribution is -2.06. The second-order valence-corrected chi connectivity index (χ2v) is 5.91. The molecule has 21 heavy (non-hydrogen) atoms. The molecule has 0 unspecified atom stereocenters. The molecule has 1 N–H and O–H groups in total. The summed E-state index contributed by atoms with van der Waals surface area (Å²) in [6, 6.07) is 6.50. The van der Waals surface area contributed by atoms with Gasteiger partial charge in [0, 0.05) is 15.6 Å². The lowest BCUT2D eigenvalue weighted by molar-refractivity contribution is -0.139. The van der Waals surface area contributed by atoms with Crippen LogP contribution in [0.3, 0.4) is 0 Å². The van der Waals surface area contributed by atoms with Gasteiger partial charge in [0.1, 0.15) is 5.03 Å². The number of carbonyl (C=O) groups is 1. The standard InChI is InChI=1S/C13H7BrF3NO2S/c14-8-2-3-10(9(5-8)13(15,16)17)21-11-4-1-7(6-18-11)12(19)20/h1-6H,(H,19,20). The van der Waals surface area contributed by atoms with E-state index >= 15 is 0 Å². The molecule has 1 aromatic carbocycles. The van der Waals surface area contributed by atoms with Crippen molar-refractivity contribution in [2.75, 3.05) is 0 Å². The highest BCUT2D eigenvalue weighted by Crippen LogP contribution is 2.40. The molecular weight excluding hydrogens is 371 g/mol. The number of halogens is 4. The van der Waals surface area contributed by atoms with Crippen LogP contribution in [0.4, 0.5) is 13.2 Å². The van der Waals surface area contributed by atoms with E-state index in [2.05, 4.69) is 20.9 Å². The number of alkyl halides is 3. The minimum absolute atomic E-state index is 0.00118. The summed E-state index contributed by atoms with van der Waals surface area (Å²) >= 11 is 3.83. The molecule has 0 aliphatic rings. The number of hydrogen-bond acceptors (Lipinski definition) is 3. The summed E-state index contributed by atoms with van der Waals surface area (Å²) in [5, 5.41) is 9.03. The summed E-state index contributed by atoms with van der Waals surface area (Å²) in [7, 11) is 0. The number of carboxylic acids is 1. The maximum Gasteiger partial charge on any atom is 0.417 e. The summed E-state index contributed by atoms with van der Waals surface area (Å²) < 4.78 is 39.2. The van der Waals surface area contributed by atoms with Crippen molar-refractivity contribution >= 4 is 33.7 Å². The smallest absolute Gasteiger partial charge is 0.417 e. The molecule has 2 aromatic rings. The first-order valence-corrected chi connectivity index (χ1v) is 7.12. The molecule has 0 atom stereocenters. The highest BCUT2D eigenvalue weighted by molar-refractivity contribution is 9.10. The summed E-state index contributed by atoms with van der Waals surface area (Å²) in [6.45, 7) is 0. The van der Waals surface area contributed by atoms with Crippen molar-refractivity contribution in [3.63, 3.8) is 0 Å². The molecular formula is C13H7BrF3NO2S. The van der Waals surface area contributed by atoms with E-state index in [0.717, 1.165) is 24.0 Å². The number of nitrogens with zero attached hydrogens (tertiary/aromatic N) is 1. The Labute approximate surface area is 130 Å². The summed E-state index contributed by atoms with van der Waals surface area (Å²) in [5.41, 5.74) is -0.794. The Morgan fingerprint density at radius 2 is 1.95 bits per heavy atom. The van der Waals surface area contributed by atoms with Crippen molar-refractivity contribution in [1.82, 2.24) is 4.98 Å². The molecule has 0 radical (unpaired) electrons. The second-order valence-electron chi connectivity index (χ2n) is 3.93. The Morgan fingerprint density at radius 3 is 2.48 bits per heavy atom. The van der Waals surface area contributed by atoms with Crippen molar-refractivity contribution in [2.45, 2.75) is 16.1 Å². The number of benzene rings is 1. The van der Waals surface area contributed by atoms with E-state index in [0.29, 0.717) is 4.47 Å². The van der Waals surface area contributed by atoms with Crippen LogP contribution in [0.1, 0.15) is 15.9 Å². The number of aromatic carboxylic acids is 1. The topological polar surface area (TPSA) is 50.2 Å². The van der Waals surface area contributed by atoms with Crippen LogP contribution in [-0.4, -0.2) is 16.1 Å². The maximum absolute atomic E-state index is 13.0. The van der Waals surface area contributed by atoms with E-state index in [4.69, 9.17) is 5.11 Å². The van der Waals surface area contributed by atoms with Gasteiger partial charge >= 0.3 is 12.1 Å². The quantitative estimate of drug-likeness (QED) is 0.841. The molecule has 2 rings (SSSR count). The molecule has 3 nitrogen and oxygen atoms in total. The fraction of sp³-hybridized carbons (Fsp3) is 0.0769. The van der Waals surface area contributed by atoms with Gasteiger partial charge in [-0.25, -0.2) is 9.78 Å². The van der Waals surface area contributed by atoms with Crippen LogP contribution in [0.15, 0.2) is 50.9 Å². The Hall–Kier alpha value is -1.54. The van der Waals surface area contributed by atoms with Gasteiger partial charge in [0.05, 0.1) is 11.1 Å². The first-order valence-electron chi connectivity index (χ1n) is 5.51. The lowest BCUT2D eigenvalue weighted by atomic mass is 10.2. The molecule has 0 saturated heterocycles. The molecule has 0 aliphatic carbocycles. The molecule has 0 saturated carbocycles. The van der Waals surface area contributed by atoms with Gasteiger partial charge in [0.25, 0.3) is 0 Å². The molecule has 0 aliphatic heterocycles. The van der Waals surface area contributed by atoms with Gasteiger partial charge in [0.2, 0.25) is 0 Å². The summed E-state index contributed by atoms with van der Waals surface area (Å²) in [5.74, 6) is -1.14. The first-order chi connectivity index (χ1) is 9.77. The number of aromatic nitrogens is 1. The average Bonchev–Trinajstić information content (AvgIpc) is 2.40. The van der Waals surface area contributed by atoms with Crippen LogP contribution in [0, 0.1) is 0 Å². The molecule has 8 heteroatoms. The van der Waals surface area contributed by atoms with Crippen LogP contribution in [-0.2, 0) is 6.18 Å². The lowest BCUT2D eigenvalue weighted by Gasteiger charge is -2.12. The molecule has 110 valence electrons. The van der Waals surface area contributed by atoms with E-state index < -0.39 is 17.7 Å². The SMILES string of the molecule is O=C(O)c1ccc(Sc2ccc(Br)cc2C(F)(F)F)nc1. The van der Waals surface area contributed by atoms with Gasteiger partial charge < -0.3 is 5.11 Å². The van der Waals surface area contributed by atoms with E-state index in [9.17, 15) is 18.0 Å². The minimum Gasteiger partial charge on any atom is -0.478 e. The fourth-order valence-corrected chi connectivity index (χ4v) is 2.74. The zero-order valence-electron chi connectivity index (χ0n) is 10.2. The van der Waals surface area contributed by atoms with Gasteiger partial charge in [-0.1, -0.05) is 27.7 Å². The molecule has 1 aromatic heterocycles. The molecule has 0 spiro atoms. The van der Waals surface area contributed by atoms with Crippen molar-refractivity contribution in [2.24, 2.45) is 0 Å². The Bertz CT molecular complexity index is 674. The van der Waals surface area contributed by atoms with Crippen LogP contribution in [0.2, 0.25) is 0 Å². The molecule has 0 bridgehead atoms. The van der Waals surface area contributed by atoms with Crippen molar-refractivity contribution in [1.29, 1.82) is 0 Å². The second kappa shape index (κ2) is 6.07. The molecule has 0 amide bonds. The summed E-state index contributed by atoms with van der Waals surface area (Å²) in [6.07, 6.45) is -3.37. The van der Waals surface area contributed by atoms with E-state index in [-0.39, 0.29) is 15.5 Å². The zero-order valence-corrected chi connectivity index (χ0v) is 12.6. The van der Waals surface area contributed by atoms with Crippen molar-refractivity contribution < 1.29 is 23.1 Å². The largest absolute Gasteiger partial charge is 0.478 e. The highest BCUT2D eigenvalue weighted by atomic mass is 79.9. The minimum atomic E-state index is -4.48. The maximum atomic E-state index is 13.0. The Balaban J connectivity index is 2.33. The van der Waals surface area contributed by atoms with Gasteiger partial charge in [-0.15, -0.1) is 0 Å². The third-order valence-corrected chi connectivity index (χ3v) is 3.96. The highest BCUT2D eigenvalue weighted by Gasteiger charge is 2.34. The van der Waals surface area contributed by atoms with Crippen LogP contribution < -0.4 is 0 Å². The van der Waals surface area contributed by atoms with Crippen molar-refractivity contribution in [3.05, 3.63) is 52.1 Å². The van der Waals surface area contributed by atoms with Gasteiger partial charge in [-0.3, -0.25) is 0 Å². The van der Waals surface area contributed by atoms with Gasteiger partial charge in [-0.05, 0) is 30.3 Å².